The summed E-state index contributed by atoms with van der Waals surface area (Å²) in [6.45, 7) is 6.44. The number of thiazole rings is 1. The van der Waals surface area contributed by atoms with Gasteiger partial charge in [-0.15, -0.1) is 11.3 Å². The maximum Gasteiger partial charge on any atom is 0.122 e. The van der Waals surface area contributed by atoms with E-state index in [4.69, 9.17) is 4.98 Å². The summed E-state index contributed by atoms with van der Waals surface area (Å²) < 4.78 is 2.15. The minimum atomic E-state index is 0.540. The maximum absolute atomic E-state index is 4.87. The third-order valence-corrected chi connectivity index (χ3v) is 6.84. The van der Waals surface area contributed by atoms with Crippen LogP contribution in [0.2, 0.25) is 0 Å². The van der Waals surface area contributed by atoms with E-state index in [1.807, 2.05) is 23.7 Å². The number of aryl methyl sites for hydroxylation is 2. The molecule has 1 saturated heterocycles. The van der Waals surface area contributed by atoms with Crippen LogP contribution in [0.5, 0.6) is 0 Å². The highest BCUT2D eigenvalue weighted by Gasteiger charge is 2.56. The number of rotatable bonds is 7. The van der Waals surface area contributed by atoms with E-state index in [-0.39, 0.29) is 0 Å². The van der Waals surface area contributed by atoms with Crippen LogP contribution in [-0.2, 0) is 26.6 Å². The van der Waals surface area contributed by atoms with Gasteiger partial charge in [-0.1, -0.05) is 6.92 Å². The van der Waals surface area contributed by atoms with E-state index >= 15 is 0 Å². The molecule has 2 aromatic heterocycles. The Morgan fingerprint density at radius 2 is 2.20 bits per heavy atom. The van der Waals surface area contributed by atoms with Crippen molar-refractivity contribution in [2.45, 2.75) is 58.2 Å². The summed E-state index contributed by atoms with van der Waals surface area (Å²) in [6, 6.07) is 0.683. The van der Waals surface area contributed by atoms with E-state index in [1.54, 1.807) is 0 Å². The summed E-state index contributed by atoms with van der Waals surface area (Å²) in [5, 5.41) is 7.05. The van der Waals surface area contributed by atoms with Crippen LogP contribution in [0, 0.1) is 5.41 Å². The van der Waals surface area contributed by atoms with E-state index in [9.17, 15) is 0 Å². The number of aromatic nitrogens is 3. The van der Waals surface area contributed by atoms with Crippen molar-refractivity contribution in [3.05, 3.63) is 34.3 Å². The molecular formula is C19H29N5S. The lowest BCUT2D eigenvalue weighted by Gasteiger charge is -2.29. The van der Waals surface area contributed by atoms with Gasteiger partial charge in [0.2, 0.25) is 0 Å². The van der Waals surface area contributed by atoms with Crippen molar-refractivity contribution in [2.24, 2.45) is 12.5 Å². The van der Waals surface area contributed by atoms with Crippen LogP contribution >= 0.6 is 11.3 Å². The summed E-state index contributed by atoms with van der Waals surface area (Å²) >= 11 is 1.82. The summed E-state index contributed by atoms with van der Waals surface area (Å²) in [6.07, 6.45) is 10.2. The fraction of sp³-hybridized carbons (Fsp3) is 0.684. The number of nitrogens with zero attached hydrogens (tertiary/aromatic N) is 4. The monoisotopic (exact) mass is 359 g/mol. The molecule has 1 aliphatic heterocycles. The van der Waals surface area contributed by atoms with E-state index < -0.39 is 0 Å². The minimum absolute atomic E-state index is 0.540. The Labute approximate surface area is 154 Å². The Bertz CT molecular complexity index is 700. The van der Waals surface area contributed by atoms with Gasteiger partial charge in [0.15, 0.2) is 0 Å². The molecule has 1 N–H and O–H groups in total. The number of nitrogens with one attached hydrogen (secondary N) is 1. The van der Waals surface area contributed by atoms with Gasteiger partial charge in [0.1, 0.15) is 5.82 Å². The molecule has 2 fully saturated rings. The Balaban J connectivity index is 1.50. The molecule has 1 aliphatic carbocycles. The first-order chi connectivity index (χ1) is 12.2. The predicted molar refractivity (Wildman–Crippen MR) is 102 cm³/mol. The second kappa shape index (κ2) is 7.17. The molecule has 3 heterocycles. The summed E-state index contributed by atoms with van der Waals surface area (Å²) in [4.78, 5) is 12.1. The molecule has 2 aromatic rings. The van der Waals surface area contributed by atoms with E-state index in [1.165, 1.54) is 49.5 Å². The molecule has 0 amide bonds. The van der Waals surface area contributed by atoms with Crippen molar-refractivity contribution < 1.29 is 0 Å². The van der Waals surface area contributed by atoms with Crippen molar-refractivity contribution >= 4 is 11.3 Å². The number of imidazole rings is 1. The molecule has 6 heteroatoms. The van der Waals surface area contributed by atoms with Gasteiger partial charge in [0.05, 0.1) is 17.2 Å². The smallest absolute Gasteiger partial charge is 0.122 e. The zero-order valence-electron chi connectivity index (χ0n) is 15.4. The first kappa shape index (κ1) is 17.2. The zero-order chi connectivity index (χ0) is 17.3. The van der Waals surface area contributed by atoms with Crippen molar-refractivity contribution in [3.8, 4) is 0 Å². The molecule has 5 nitrogen and oxygen atoms in total. The molecule has 0 unspecified atom stereocenters. The van der Waals surface area contributed by atoms with Gasteiger partial charge < -0.3 is 9.88 Å². The molecule has 4 rings (SSSR count). The molecule has 1 spiro atoms. The summed E-state index contributed by atoms with van der Waals surface area (Å²) in [5.74, 6) is 1.15. The zero-order valence-corrected chi connectivity index (χ0v) is 16.2. The predicted octanol–water partition coefficient (Wildman–Crippen LogP) is 2.97. The van der Waals surface area contributed by atoms with Crippen molar-refractivity contribution in [1.82, 2.24) is 24.8 Å². The Hall–Kier alpha value is -1.24. The summed E-state index contributed by atoms with van der Waals surface area (Å²) in [7, 11) is 2.09. The molecule has 0 aromatic carbocycles. The van der Waals surface area contributed by atoms with Gasteiger partial charge in [-0.05, 0) is 50.6 Å². The van der Waals surface area contributed by atoms with Crippen molar-refractivity contribution in [3.63, 3.8) is 0 Å². The van der Waals surface area contributed by atoms with Gasteiger partial charge in [0, 0.05) is 37.4 Å². The highest BCUT2D eigenvalue weighted by Crippen LogP contribution is 2.56. The lowest BCUT2D eigenvalue weighted by Crippen LogP contribution is -2.36. The van der Waals surface area contributed by atoms with Crippen molar-refractivity contribution in [2.75, 3.05) is 13.1 Å². The first-order valence-electron chi connectivity index (χ1n) is 9.54. The van der Waals surface area contributed by atoms with Crippen LogP contribution in [0.3, 0.4) is 0 Å². The molecule has 2 aliphatic rings. The standard InChI is InChI=1S/C19H29N5S/c1-3-4-18-22-15(14-25-18)12-24(13-17-21-9-10-23(17)2)16-11-19(16)5-7-20-8-6-19/h9-10,14,16,20H,3-8,11-13H2,1-2H3/t16-/m1/s1. The normalized spacial score (nSPS) is 22.0. The minimum Gasteiger partial charge on any atom is -0.337 e. The lowest BCUT2D eigenvalue weighted by atomic mass is 9.93. The van der Waals surface area contributed by atoms with Crippen LogP contribution in [-0.4, -0.2) is 38.6 Å². The van der Waals surface area contributed by atoms with E-state index in [0.29, 0.717) is 11.5 Å². The topological polar surface area (TPSA) is 46.0 Å². The lowest BCUT2D eigenvalue weighted by molar-refractivity contribution is 0.181. The van der Waals surface area contributed by atoms with Gasteiger partial charge in [-0.25, -0.2) is 9.97 Å². The van der Waals surface area contributed by atoms with Crippen LogP contribution < -0.4 is 5.32 Å². The van der Waals surface area contributed by atoms with Crippen LogP contribution in [0.25, 0.3) is 0 Å². The quantitative estimate of drug-likeness (QED) is 0.826. The highest BCUT2D eigenvalue weighted by molar-refractivity contribution is 7.09. The molecule has 1 saturated carbocycles. The highest BCUT2D eigenvalue weighted by atomic mass is 32.1. The molecular weight excluding hydrogens is 330 g/mol. The number of hydrogen-bond acceptors (Lipinski definition) is 5. The Kier molecular flexibility index (Phi) is 4.93. The third kappa shape index (κ3) is 3.66. The van der Waals surface area contributed by atoms with Crippen LogP contribution in [0.1, 0.15) is 49.1 Å². The Morgan fingerprint density at radius 3 is 2.92 bits per heavy atom. The van der Waals surface area contributed by atoms with Gasteiger partial charge >= 0.3 is 0 Å². The van der Waals surface area contributed by atoms with Crippen LogP contribution in [0.15, 0.2) is 17.8 Å². The Morgan fingerprint density at radius 1 is 1.36 bits per heavy atom. The van der Waals surface area contributed by atoms with Crippen LogP contribution in [0.4, 0.5) is 0 Å². The number of piperidine rings is 1. The fourth-order valence-electron chi connectivity index (χ4n) is 4.27. The van der Waals surface area contributed by atoms with Gasteiger partial charge in [-0.2, -0.15) is 0 Å². The maximum atomic E-state index is 4.87. The van der Waals surface area contributed by atoms with Gasteiger partial charge in [-0.3, -0.25) is 4.90 Å². The summed E-state index contributed by atoms with van der Waals surface area (Å²) in [5.41, 5.74) is 1.78. The second-order valence-corrected chi connectivity index (χ2v) is 8.62. The SMILES string of the molecule is CCCc1nc(CN(Cc2nccn2C)[C@@H]2CC23CCNCC3)cs1. The molecule has 136 valence electrons. The molecule has 0 radical (unpaired) electrons. The molecule has 1 atom stereocenters. The van der Waals surface area contributed by atoms with Gasteiger partial charge in [0.25, 0.3) is 0 Å². The number of hydrogen-bond donors (Lipinski definition) is 1. The average Bonchev–Trinajstić information content (AvgIpc) is 2.93. The van der Waals surface area contributed by atoms with Crippen molar-refractivity contribution in [1.29, 1.82) is 0 Å². The third-order valence-electron chi connectivity index (χ3n) is 5.88. The van der Waals surface area contributed by atoms with E-state index in [2.05, 4.69) is 39.1 Å². The molecule has 0 bridgehead atoms. The largest absolute Gasteiger partial charge is 0.337 e. The van der Waals surface area contributed by atoms with E-state index in [0.717, 1.165) is 25.3 Å². The second-order valence-electron chi connectivity index (χ2n) is 7.67. The average molecular weight is 360 g/mol. The first-order valence-corrected chi connectivity index (χ1v) is 10.4. The molecule has 25 heavy (non-hydrogen) atoms. The fourth-order valence-corrected chi connectivity index (χ4v) is 5.16.